The number of furan rings is 1. The van der Waals surface area contributed by atoms with Crippen LogP contribution in [0.5, 0.6) is 0 Å². The summed E-state index contributed by atoms with van der Waals surface area (Å²) in [7, 11) is 1.89. The van der Waals surface area contributed by atoms with Crippen molar-refractivity contribution in [3.8, 4) is 0 Å². The van der Waals surface area contributed by atoms with Gasteiger partial charge in [-0.15, -0.1) is 10.2 Å². The van der Waals surface area contributed by atoms with Crippen LogP contribution in [0.25, 0.3) is 0 Å². The molecule has 0 spiro atoms. The first kappa shape index (κ1) is 15.9. The quantitative estimate of drug-likeness (QED) is 0.563. The van der Waals surface area contributed by atoms with Crippen molar-refractivity contribution in [1.82, 2.24) is 25.2 Å². The Morgan fingerprint density at radius 2 is 2.21 bits per heavy atom. The molecule has 1 N–H and O–H groups in total. The van der Waals surface area contributed by atoms with Crippen molar-refractivity contribution in [1.29, 1.82) is 0 Å². The van der Waals surface area contributed by atoms with E-state index < -0.39 is 0 Å². The Balaban J connectivity index is 1.60. The Kier molecular flexibility index (Phi) is 4.71. The maximum Gasteiger partial charge on any atom is 0.289 e. The number of hydrazone groups is 1. The second-order valence-electron chi connectivity index (χ2n) is 4.76. The standard InChI is InChI=1S/C15H14N6O2S/c1-10-18-20-15(21(10)2)24-13-7-6-11(23-13)9-17-19-14(22)12-5-3-4-8-16-12/h3-9H,1-2H3,(H,19,22)/b17-9+. The number of nitrogens with zero attached hydrogens (tertiary/aromatic N) is 5. The summed E-state index contributed by atoms with van der Waals surface area (Å²) in [6, 6.07) is 8.63. The molecule has 0 aliphatic rings. The zero-order chi connectivity index (χ0) is 16.9. The first-order valence-electron chi connectivity index (χ1n) is 7.01. The Morgan fingerprint density at radius 1 is 1.33 bits per heavy atom. The highest BCUT2D eigenvalue weighted by Crippen LogP contribution is 2.27. The number of hydrogen-bond acceptors (Lipinski definition) is 7. The van der Waals surface area contributed by atoms with Crippen molar-refractivity contribution in [2.24, 2.45) is 12.1 Å². The number of aromatic nitrogens is 4. The lowest BCUT2D eigenvalue weighted by Gasteiger charge is -1.98. The monoisotopic (exact) mass is 342 g/mol. The third-order valence-electron chi connectivity index (χ3n) is 3.10. The van der Waals surface area contributed by atoms with Crippen molar-refractivity contribution < 1.29 is 9.21 Å². The van der Waals surface area contributed by atoms with Crippen molar-refractivity contribution in [2.45, 2.75) is 17.2 Å². The molecule has 0 aliphatic heterocycles. The third kappa shape index (κ3) is 3.69. The van der Waals surface area contributed by atoms with Gasteiger partial charge in [0.15, 0.2) is 10.2 Å². The molecular formula is C15H14N6O2S. The van der Waals surface area contributed by atoms with Gasteiger partial charge in [0.25, 0.3) is 5.91 Å². The van der Waals surface area contributed by atoms with Gasteiger partial charge in [0, 0.05) is 13.2 Å². The minimum Gasteiger partial charge on any atom is -0.448 e. The number of rotatable bonds is 5. The van der Waals surface area contributed by atoms with Crippen LogP contribution in [0.15, 0.2) is 56.3 Å². The fourth-order valence-electron chi connectivity index (χ4n) is 1.73. The summed E-state index contributed by atoms with van der Waals surface area (Å²) >= 11 is 1.36. The molecule has 0 aromatic carbocycles. The molecule has 0 radical (unpaired) electrons. The maximum absolute atomic E-state index is 11.8. The molecule has 122 valence electrons. The maximum atomic E-state index is 11.8. The van der Waals surface area contributed by atoms with E-state index in [9.17, 15) is 4.79 Å². The van der Waals surface area contributed by atoms with Gasteiger partial charge >= 0.3 is 0 Å². The normalized spacial score (nSPS) is 11.1. The average Bonchev–Trinajstić information content (AvgIpc) is 3.17. The molecule has 3 aromatic rings. The number of aryl methyl sites for hydroxylation is 1. The lowest BCUT2D eigenvalue weighted by atomic mass is 10.3. The Labute approximate surface area is 142 Å². The molecule has 9 heteroatoms. The number of carbonyl (C=O) groups excluding carboxylic acids is 1. The highest BCUT2D eigenvalue weighted by atomic mass is 32.2. The molecule has 3 rings (SSSR count). The summed E-state index contributed by atoms with van der Waals surface area (Å²) in [5.41, 5.74) is 2.69. The Bertz CT molecular complexity index is 871. The fourth-order valence-corrected chi connectivity index (χ4v) is 2.54. The number of amides is 1. The van der Waals surface area contributed by atoms with Crippen molar-refractivity contribution in [3.63, 3.8) is 0 Å². The number of carbonyl (C=O) groups is 1. The zero-order valence-electron chi connectivity index (χ0n) is 13.0. The highest BCUT2D eigenvalue weighted by molar-refractivity contribution is 7.99. The van der Waals surface area contributed by atoms with E-state index in [0.29, 0.717) is 16.5 Å². The first-order chi connectivity index (χ1) is 11.6. The number of pyridine rings is 1. The Hall–Kier alpha value is -2.94. The van der Waals surface area contributed by atoms with Gasteiger partial charge in [-0.05, 0) is 43.0 Å². The fraction of sp³-hybridized carbons (Fsp3) is 0.133. The topological polar surface area (TPSA) is 98.2 Å². The second-order valence-corrected chi connectivity index (χ2v) is 5.73. The molecule has 0 saturated carbocycles. The van der Waals surface area contributed by atoms with Gasteiger partial charge < -0.3 is 8.98 Å². The predicted octanol–water partition coefficient (Wildman–Crippen LogP) is 2.03. The van der Waals surface area contributed by atoms with Gasteiger partial charge in [-0.1, -0.05) is 6.07 Å². The minimum absolute atomic E-state index is 0.294. The van der Waals surface area contributed by atoms with Crippen LogP contribution in [0.2, 0.25) is 0 Å². The summed E-state index contributed by atoms with van der Waals surface area (Å²) in [4.78, 5) is 15.7. The van der Waals surface area contributed by atoms with Crippen LogP contribution in [0.3, 0.4) is 0 Å². The van der Waals surface area contributed by atoms with Crippen LogP contribution in [0.4, 0.5) is 0 Å². The molecule has 0 unspecified atom stereocenters. The first-order valence-corrected chi connectivity index (χ1v) is 7.83. The van der Waals surface area contributed by atoms with Crippen LogP contribution < -0.4 is 5.43 Å². The Morgan fingerprint density at radius 3 is 2.92 bits per heavy atom. The van der Waals surface area contributed by atoms with Crippen LogP contribution in [-0.2, 0) is 7.05 Å². The van der Waals surface area contributed by atoms with Crippen LogP contribution in [-0.4, -0.2) is 31.9 Å². The number of nitrogens with one attached hydrogen (secondary N) is 1. The van der Waals surface area contributed by atoms with E-state index in [4.69, 9.17) is 4.42 Å². The molecule has 8 nitrogen and oxygen atoms in total. The smallest absolute Gasteiger partial charge is 0.289 e. The molecule has 1 amide bonds. The molecule has 24 heavy (non-hydrogen) atoms. The van der Waals surface area contributed by atoms with Crippen LogP contribution in [0, 0.1) is 6.92 Å². The van der Waals surface area contributed by atoms with Gasteiger partial charge in [-0.2, -0.15) is 5.10 Å². The molecular weight excluding hydrogens is 328 g/mol. The minimum atomic E-state index is -0.387. The largest absolute Gasteiger partial charge is 0.448 e. The third-order valence-corrected chi connectivity index (χ3v) is 4.06. The van der Waals surface area contributed by atoms with Gasteiger partial charge in [0.2, 0.25) is 0 Å². The van der Waals surface area contributed by atoms with Crippen molar-refractivity contribution in [3.05, 3.63) is 53.8 Å². The van der Waals surface area contributed by atoms with Crippen molar-refractivity contribution >= 4 is 23.9 Å². The van der Waals surface area contributed by atoms with Gasteiger partial charge in [-0.25, -0.2) is 5.43 Å². The molecule has 0 atom stereocenters. The molecule has 0 fully saturated rings. The summed E-state index contributed by atoms with van der Waals surface area (Å²) in [6.45, 7) is 1.88. The van der Waals surface area contributed by atoms with E-state index >= 15 is 0 Å². The van der Waals surface area contributed by atoms with E-state index in [2.05, 4.69) is 25.7 Å². The summed E-state index contributed by atoms with van der Waals surface area (Å²) in [5.74, 6) is 0.948. The second kappa shape index (κ2) is 7.09. The molecule has 0 saturated heterocycles. The lowest BCUT2D eigenvalue weighted by Crippen LogP contribution is -2.18. The molecule has 3 heterocycles. The van der Waals surface area contributed by atoms with Crippen LogP contribution in [0.1, 0.15) is 22.1 Å². The SMILES string of the molecule is Cc1nnc(Sc2ccc(/C=N/NC(=O)c3ccccn3)o2)n1C. The molecule has 3 aromatic heterocycles. The van der Waals surface area contributed by atoms with E-state index in [0.717, 1.165) is 11.0 Å². The average molecular weight is 342 g/mol. The highest BCUT2D eigenvalue weighted by Gasteiger charge is 2.10. The molecule has 0 bridgehead atoms. The summed E-state index contributed by atoms with van der Waals surface area (Å²) < 4.78 is 7.47. The van der Waals surface area contributed by atoms with Crippen molar-refractivity contribution in [2.75, 3.05) is 0 Å². The van der Waals surface area contributed by atoms with E-state index in [1.165, 1.54) is 18.0 Å². The molecule has 0 aliphatic carbocycles. The van der Waals surface area contributed by atoms with E-state index in [1.807, 2.05) is 18.5 Å². The lowest BCUT2D eigenvalue weighted by molar-refractivity contribution is 0.0950. The zero-order valence-corrected chi connectivity index (χ0v) is 13.8. The van der Waals surface area contributed by atoms with Gasteiger partial charge in [0.05, 0.1) is 6.21 Å². The number of hydrogen-bond donors (Lipinski definition) is 1. The summed E-state index contributed by atoms with van der Waals surface area (Å²) in [6.07, 6.45) is 2.97. The van der Waals surface area contributed by atoms with Gasteiger partial charge in [0.1, 0.15) is 17.3 Å². The van der Waals surface area contributed by atoms with E-state index in [-0.39, 0.29) is 5.91 Å². The van der Waals surface area contributed by atoms with E-state index in [1.54, 1.807) is 36.5 Å². The predicted molar refractivity (Wildman–Crippen MR) is 87.9 cm³/mol. The van der Waals surface area contributed by atoms with Crippen LogP contribution >= 0.6 is 11.8 Å². The van der Waals surface area contributed by atoms with Gasteiger partial charge in [-0.3, -0.25) is 9.78 Å². The summed E-state index contributed by atoms with van der Waals surface area (Å²) in [5, 5.41) is 13.3.